The Morgan fingerprint density at radius 1 is 0.812 bits per heavy atom. The van der Waals surface area contributed by atoms with Gasteiger partial charge in [0.15, 0.2) is 0 Å². The van der Waals surface area contributed by atoms with Crippen molar-refractivity contribution in [2.45, 2.75) is 84.0 Å². The molecule has 0 saturated heterocycles. The summed E-state index contributed by atoms with van der Waals surface area (Å²) in [7, 11) is 0. The molecule has 0 unspecified atom stereocenters. The molecule has 0 amide bonds. The summed E-state index contributed by atoms with van der Waals surface area (Å²) in [4.78, 5) is 0. The highest BCUT2D eigenvalue weighted by Gasteiger charge is 2.45. The SMILES string of the molecule is [CH2]C12CCC(CCCCCCC)(CC1)CC2. The van der Waals surface area contributed by atoms with Gasteiger partial charge in [0, 0.05) is 0 Å². The first-order chi connectivity index (χ1) is 7.68. The van der Waals surface area contributed by atoms with Gasteiger partial charge in [-0.2, -0.15) is 0 Å². The standard InChI is InChI=1S/C16H29/c1-3-4-5-6-7-8-16-12-9-15(2,10-13-16)11-14-16/h2-14H2,1H3. The Kier molecular flexibility index (Phi) is 3.97. The highest BCUT2D eigenvalue weighted by molar-refractivity contribution is 5.00. The Morgan fingerprint density at radius 2 is 1.38 bits per heavy atom. The van der Waals surface area contributed by atoms with Crippen molar-refractivity contribution in [3.63, 3.8) is 0 Å². The second kappa shape index (κ2) is 5.10. The fourth-order valence-corrected chi connectivity index (χ4v) is 3.82. The molecule has 0 heteroatoms. The minimum absolute atomic E-state index is 0.504. The predicted octanol–water partition coefficient (Wildman–Crippen LogP) is 5.52. The van der Waals surface area contributed by atoms with Gasteiger partial charge in [-0.1, -0.05) is 39.0 Å². The number of hydrogen-bond donors (Lipinski definition) is 0. The monoisotopic (exact) mass is 221 g/mol. The maximum absolute atomic E-state index is 4.44. The molecule has 0 atom stereocenters. The Bertz CT molecular complexity index is 192. The van der Waals surface area contributed by atoms with Gasteiger partial charge >= 0.3 is 0 Å². The molecule has 0 heterocycles. The third-order valence-corrected chi connectivity index (χ3v) is 5.37. The zero-order chi connectivity index (χ0) is 11.5. The fraction of sp³-hybridized carbons (Fsp3) is 0.938. The van der Waals surface area contributed by atoms with E-state index in [0.29, 0.717) is 5.41 Å². The van der Waals surface area contributed by atoms with Gasteiger partial charge in [-0.05, 0) is 62.7 Å². The highest BCUT2D eigenvalue weighted by Crippen LogP contribution is 2.58. The van der Waals surface area contributed by atoms with Crippen LogP contribution in [-0.4, -0.2) is 0 Å². The second-order valence-corrected chi connectivity index (χ2v) is 6.66. The molecule has 3 fully saturated rings. The van der Waals surface area contributed by atoms with Crippen LogP contribution >= 0.6 is 0 Å². The summed E-state index contributed by atoms with van der Waals surface area (Å²) in [6.07, 6.45) is 17.5. The molecule has 0 aromatic carbocycles. The van der Waals surface area contributed by atoms with Crippen LogP contribution in [0.3, 0.4) is 0 Å². The van der Waals surface area contributed by atoms with E-state index in [1.54, 1.807) is 0 Å². The highest BCUT2D eigenvalue weighted by atomic mass is 14.5. The lowest BCUT2D eigenvalue weighted by atomic mass is 9.53. The number of fused-ring (bicyclic) bond motifs is 3. The van der Waals surface area contributed by atoms with E-state index in [2.05, 4.69) is 13.8 Å². The quantitative estimate of drug-likeness (QED) is 0.518. The van der Waals surface area contributed by atoms with Crippen LogP contribution in [0.25, 0.3) is 0 Å². The molecule has 3 saturated carbocycles. The Hall–Kier alpha value is 0. The second-order valence-electron chi connectivity index (χ2n) is 6.66. The van der Waals surface area contributed by atoms with Crippen LogP contribution in [0.15, 0.2) is 0 Å². The van der Waals surface area contributed by atoms with Crippen molar-refractivity contribution in [1.29, 1.82) is 0 Å². The van der Waals surface area contributed by atoms with Gasteiger partial charge in [-0.15, -0.1) is 0 Å². The van der Waals surface area contributed by atoms with Crippen molar-refractivity contribution in [1.82, 2.24) is 0 Å². The minimum Gasteiger partial charge on any atom is -0.0654 e. The molecule has 0 N–H and O–H groups in total. The van der Waals surface area contributed by atoms with Crippen LogP contribution in [0.5, 0.6) is 0 Å². The van der Waals surface area contributed by atoms with Crippen molar-refractivity contribution in [3.8, 4) is 0 Å². The van der Waals surface area contributed by atoms with E-state index in [9.17, 15) is 0 Å². The third-order valence-electron chi connectivity index (χ3n) is 5.37. The molecule has 3 aliphatic carbocycles. The van der Waals surface area contributed by atoms with Crippen molar-refractivity contribution < 1.29 is 0 Å². The van der Waals surface area contributed by atoms with E-state index in [1.807, 2.05) is 0 Å². The predicted molar refractivity (Wildman–Crippen MR) is 71.3 cm³/mol. The summed E-state index contributed by atoms with van der Waals surface area (Å²) >= 11 is 0. The summed E-state index contributed by atoms with van der Waals surface area (Å²) in [6.45, 7) is 6.74. The van der Waals surface area contributed by atoms with Crippen LogP contribution < -0.4 is 0 Å². The topological polar surface area (TPSA) is 0 Å². The summed E-state index contributed by atoms with van der Waals surface area (Å²) < 4.78 is 0. The van der Waals surface area contributed by atoms with Crippen molar-refractivity contribution in [3.05, 3.63) is 6.92 Å². The van der Waals surface area contributed by atoms with E-state index in [-0.39, 0.29) is 0 Å². The third kappa shape index (κ3) is 2.81. The van der Waals surface area contributed by atoms with Gasteiger partial charge in [-0.25, -0.2) is 0 Å². The van der Waals surface area contributed by atoms with Crippen molar-refractivity contribution in [2.75, 3.05) is 0 Å². The first-order valence-electron chi connectivity index (χ1n) is 7.54. The Balaban J connectivity index is 1.69. The largest absolute Gasteiger partial charge is 0.0654 e. The lowest BCUT2D eigenvalue weighted by molar-refractivity contribution is 0.0114. The Labute approximate surface area is 102 Å². The molecule has 3 rings (SSSR count). The van der Waals surface area contributed by atoms with E-state index < -0.39 is 0 Å². The molecule has 1 radical (unpaired) electrons. The van der Waals surface area contributed by atoms with E-state index in [0.717, 1.165) is 5.41 Å². The van der Waals surface area contributed by atoms with Crippen molar-refractivity contribution >= 4 is 0 Å². The average molecular weight is 221 g/mol. The molecule has 3 aliphatic rings. The van der Waals surface area contributed by atoms with Gasteiger partial charge < -0.3 is 0 Å². The number of unbranched alkanes of at least 4 members (excludes halogenated alkanes) is 4. The lowest BCUT2D eigenvalue weighted by Crippen LogP contribution is -2.39. The summed E-state index contributed by atoms with van der Waals surface area (Å²) in [5.74, 6) is 0. The molecule has 93 valence electrons. The summed E-state index contributed by atoms with van der Waals surface area (Å²) in [5, 5.41) is 0. The lowest BCUT2D eigenvalue weighted by Gasteiger charge is -2.52. The molecular weight excluding hydrogens is 192 g/mol. The van der Waals surface area contributed by atoms with Crippen LogP contribution in [0.1, 0.15) is 84.0 Å². The van der Waals surface area contributed by atoms with Gasteiger partial charge in [0.25, 0.3) is 0 Å². The van der Waals surface area contributed by atoms with Crippen LogP contribution in [0, 0.1) is 17.8 Å². The van der Waals surface area contributed by atoms with Gasteiger partial charge in [0.2, 0.25) is 0 Å². The van der Waals surface area contributed by atoms with Gasteiger partial charge in [-0.3, -0.25) is 0 Å². The van der Waals surface area contributed by atoms with E-state index in [1.165, 1.54) is 77.0 Å². The molecule has 0 nitrogen and oxygen atoms in total. The minimum atomic E-state index is 0.504. The van der Waals surface area contributed by atoms with E-state index >= 15 is 0 Å². The maximum atomic E-state index is 4.44. The van der Waals surface area contributed by atoms with Gasteiger partial charge in [0.05, 0.1) is 0 Å². The molecule has 2 bridgehead atoms. The molecule has 0 spiro atoms. The fourth-order valence-electron chi connectivity index (χ4n) is 3.82. The smallest absolute Gasteiger partial charge is 0.0297 e. The zero-order valence-electron chi connectivity index (χ0n) is 11.2. The molecular formula is C16H29. The first-order valence-corrected chi connectivity index (χ1v) is 7.54. The summed E-state index contributed by atoms with van der Waals surface area (Å²) in [6, 6.07) is 0. The number of rotatable bonds is 6. The molecule has 0 aromatic heterocycles. The maximum Gasteiger partial charge on any atom is -0.0297 e. The van der Waals surface area contributed by atoms with Gasteiger partial charge in [0.1, 0.15) is 0 Å². The average Bonchev–Trinajstić information content (AvgIpc) is 2.31. The van der Waals surface area contributed by atoms with Crippen molar-refractivity contribution in [2.24, 2.45) is 10.8 Å². The normalized spacial score (nSPS) is 37.9. The zero-order valence-corrected chi connectivity index (χ0v) is 11.2. The molecule has 0 aromatic rings. The first kappa shape index (κ1) is 12.5. The molecule has 16 heavy (non-hydrogen) atoms. The van der Waals surface area contributed by atoms with Crippen LogP contribution in [0.2, 0.25) is 0 Å². The Morgan fingerprint density at radius 3 is 1.94 bits per heavy atom. The van der Waals surface area contributed by atoms with Crippen LogP contribution in [0.4, 0.5) is 0 Å². The van der Waals surface area contributed by atoms with Crippen LogP contribution in [-0.2, 0) is 0 Å². The number of hydrogen-bond acceptors (Lipinski definition) is 0. The summed E-state index contributed by atoms with van der Waals surface area (Å²) in [5.41, 5.74) is 1.27. The molecule has 0 aliphatic heterocycles. The van der Waals surface area contributed by atoms with E-state index in [4.69, 9.17) is 0 Å².